The summed E-state index contributed by atoms with van der Waals surface area (Å²) in [5, 5.41) is 13.0. The zero-order valence-corrected chi connectivity index (χ0v) is 11.4. The zero-order valence-electron chi connectivity index (χ0n) is 11.4. The molecule has 0 aliphatic heterocycles. The SMILES string of the molecule is CNC(=O)c1ccc(CNc2c(C)n[nH]c2C)cc1. The van der Waals surface area contributed by atoms with Gasteiger partial charge in [0, 0.05) is 19.2 Å². The molecule has 1 heterocycles. The van der Waals surface area contributed by atoms with Crippen LogP contribution >= 0.6 is 0 Å². The Bertz CT molecular complexity index is 552. The molecule has 0 saturated heterocycles. The third-order valence-corrected chi connectivity index (χ3v) is 3.04. The Balaban J connectivity index is 2.03. The molecule has 0 radical (unpaired) electrons. The van der Waals surface area contributed by atoms with Gasteiger partial charge in [0.25, 0.3) is 5.91 Å². The highest BCUT2D eigenvalue weighted by Gasteiger charge is 2.06. The second-order valence-electron chi connectivity index (χ2n) is 4.44. The molecule has 0 unspecified atom stereocenters. The molecule has 1 aromatic heterocycles. The Morgan fingerprint density at radius 2 is 1.95 bits per heavy atom. The van der Waals surface area contributed by atoms with Crippen LogP contribution in [0.2, 0.25) is 0 Å². The van der Waals surface area contributed by atoms with Crippen molar-refractivity contribution in [3.05, 3.63) is 46.8 Å². The summed E-state index contributed by atoms with van der Waals surface area (Å²) in [6.07, 6.45) is 0. The van der Waals surface area contributed by atoms with Crippen LogP contribution in [0.5, 0.6) is 0 Å². The number of H-pyrrole nitrogens is 1. The van der Waals surface area contributed by atoms with Gasteiger partial charge in [0.1, 0.15) is 0 Å². The summed E-state index contributed by atoms with van der Waals surface area (Å²) in [4.78, 5) is 11.4. The first kappa shape index (κ1) is 13.1. The molecule has 1 aromatic carbocycles. The van der Waals surface area contributed by atoms with Crippen LogP contribution in [0.25, 0.3) is 0 Å². The Morgan fingerprint density at radius 1 is 1.26 bits per heavy atom. The number of aryl methyl sites for hydroxylation is 2. The zero-order chi connectivity index (χ0) is 13.8. The number of hydrogen-bond acceptors (Lipinski definition) is 3. The fraction of sp³-hybridized carbons (Fsp3) is 0.286. The number of carbonyl (C=O) groups is 1. The van der Waals surface area contributed by atoms with E-state index in [0.717, 1.165) is 22.6 Å². The average molecular weight is 258 g/mol. The molecule has 5 heteroatoms. The first-order valence-corrected chi connectivity index (χ1v) is 6.18. The molecule has 0 saturated carbocycles. The Labute approximate surface area is 112 Å². The third kappa shape index (κ3) is 2.93. The van der Waals surface area contributed by atoms with Crippen molar-refractivity contribution in [1.82, 2.24) is 15.5 Å². The van der Waals surface area contributed by atoms with Gasteiger partial charge in [0.05, 0.1) is 17.1 Å². The summed E-state index contributed by atoms with van der Waals surface area (Å²) < 4.78 is 0. The smallest absolute Gasteiger partial charge is 0.251 e. The summed E-state index contributed by atoms with van der Waals surface area (Å²) in [5.74, 6) is -0.0685. The number of benzene rings is 1. The monoisotopic (exact) mass is 258 g/mol. The van der Waals surface area contributed by atoms with Gasteiger partial charge in [-0.1, -0.05) is 12.1 Å². The first-order valence-electron chi connectivity index (χ1n) is 6.18. The maximum Gasteiger partial charge on any atom is 0.251 e. The maximum atomic E-state index is 11.4. The van der Waals surface area contributed by atoms with Crippen LogP contribution < -0.4 is 10.6 Å². The number of carbonyl (C=O) groups excluding carboxylic acids is 1. The van der Waals surface area contributed by atoms with Gasteiger partial charge < -0.3 is 10.6 Å². The van der Waals surface area contributed by atoms with Gasteiger partial charge in [-0.2, -0.15) is 5.10 Å². The lowest BCUT2D eigenvalue weighted by Gasteiger charge is -2.07. The van der Waals surface area contributed by atoms with Gasteiger partial charge in [-0.05, 0) is 31.5 Å². The van der Waals surface area contributed by atoms with E-state index in [1.165, 1.54) is 0 Å². The van der Waals surface area contributed by atoms with Crippen molar-refractivity contribution < 1.29 is 4.79 Å². The van der Waals surface area contributed by atoms with Gasteiger partial charge in [-0.3, -0.25) is 9.89 Å². The second-order valence-corrected chi connectivity index (χ2v) is 4.44. The van der Waals surface area contributed by atoms with E-state index < -0.39 is 0 Å². The minimum absolute atomic E-state index is 0.0685. The molecule has 0 aliphatic rings. The number of aromatic nitrogens is 2. The molecule has 100 valence electrons. The van der Waals surface area contributed by atoms with Gasteiger partial charge in [-0.25, -0.2) is 0 Å². The van der Waals surface area contributed by atoms with Crippen LogP contribution in [0.4, 0.5) is 5.69 Å². The number of nitrogens with one attached hydrogen (secondary N) is 3. The van der Waals surface area contributed by atoms with Crippen molar-refractivity contribution in [3.63, 3.8) is 0 Å². The maximum absolute atomic E-state index is 11.4. The molecule has 0 aliphatic carbocycles. The largest absolute Gasteiger partial charge is 0.378 e. The number of hydrogen-bond donors (Lipinski definition) is 3. The van der Waals surface area contributed by atoms with Crippen LogP contribution in [0.15, 0.2) is 24.3 Å². The molecule has 0 spiro atoms. The number of rotatable bonds is 4. The fourth-order valence-electron chi connectivity index (χ4n) is 1.92. The normalized spacial score (nSPS) is 10.3. The quantitative estimate of drug-likeness (QED) is 0.785. The number of nitrogens with zero attached hydrogens (tertiary/aromatic N) is 1. The molecular formula is C14H18N4O. The van der Waals surface area contributed by atoms with Crippen LogP contribution in [-0.2, 0) is 6.54 Å². The highest BCUT2D eigenvalue weighted by atomic mass is 16.1. The van der Waals surface area contributed by atoms with Gasteiger partial charge in [0.2, 0.25) is 0 Å². The first-order chi connectivity index (χ1) is 9.11. The molecule has 3 N–H and O–H groups in total. The topological polar surface area (TPSA) is 69.8 Å². The van der Waals surface area contributed by atoms with Crippen molar-refractivity contribution in [3.8, 4) is 0 Å². The van der Waals surface area contributed by atoms with Crippen LogP contribution in [0.3, 0.4) is 0 Å². The predicted molar refractivity (Wildman–Crippen MR) is 75.2 cm³/mol. The molecular weight excluding hydrogens is 240 g/mol. The van der Waals surface area contributed by atoms with E-state index in [1.807, 2.05) is 38.1 Å². The van der Waals surface area contributed by atoms with Gasteiger partial charge >= 0.3 is 0 Å². The summed E-state index contributed by atoms with van der Waals surface area (Å²) in [5.41, 5.74) is 4.81. The van der Waals surface area contributed by atoms with E-state index in [9.17, 15) is 4.79 Å². The second kappa shape index (κ2) is 5.56. The molecule has 2 aromatic rings. The standard InChI is InChI=1S/C14H18N4O/c1-9-13(10(2)18-17-9)16-8-11-4-6-12(7-5-11)14(19)15-3/h4-7,16H,8H2,1-3H3,(H,15,19)(H,17,18). The lowest BCUT2D eigenvalue weighted by Crippen LogP contribution is -2.17. The Hall–Kier alpha value is -2.30. The van der Waals surface area contributed by atoms with Crippen molar-refractivity contribution in [1.29, 1.82) is 0 Å². The summed E-state index contributed by atoms with van der Waals surface area (Å²) >= 11 is 0. The lowest BCUT2D eigenvalue weighted by atomic mass is 10.1. The molecule has 5 nitrogen and oxygen atoms in total. The van der Waals surface area contributed by atoms with E-state index >= 15 is 0 Å². The lowest BCUT2D eigenvalue weighted by molar-refractivity contribution is 0.0963. The minimum atomic E-state index is -0.0685. The van der Waals surface area contributed by atoms with E-state index in [2.05, 4.69) is 20.8 Å². The average Bonchev–Trinajstić information content (AvgIpc) is 2.75. The van der Waals surface area contributed by atoms with Gasteiger partial charge in [-0.15, -0.1) is 0 Å². The van der Waals surface area contributed by atoms with E-state index in [4.69, 9.17) is 0 Å². The van der Waals surface area contributed by atoms with E-state index in [-0.39, 0.29) is 5.91 Å². The van der Waals surface area contributed by atoms with E-state index in [0.29, 0.717) is 12.1 Å². The highest BCUT2D eigenvalue weighted by Crippen LogP contribution is 2.17. The summed E-state index contributed by atoms with van der Waals surface area (Å²) in [7, 11) is 1.63. The number of anilines is 1. The fourth-order valence-corrected chi connectivity index (χ4v) is 1.92. The van der Waals surface area contributed by atoms with Crippen LogP contribution in [0.1, 0.15) is 27.3 Å². The molecule has 0 bridgehead atoms. The van der Waals surface area contributed by atoms with E-state index in [1.54, 1.807) is 7.05 Å². The van der Waals surface area contributed by atoms with Crippen molar-refractivity contribution in [2.45, 2.75) is 20.4 Å². The molecule has 19 heavy (non-hydrogen) atoms. The molecule has 0 atom stereocenters. The number of aromatic amines is 1. The Kier molecular flexibility index (Phi) is 3.85. The van der Waals surface area contributed by atoms with Crippen LogP contribution in [0, 0.1) is 13.8 Å². The summed E-state index contributed by atoms with van der Waals surface area (Å²) in [6, 6.07) is 7.54. The molecule has 0 fully saturated rings. The minimum Gasteiger partial charge on any atom is -0.378 e. The predicted octanol–water partition coefficient (Wildman–Crippen LogP) is 2.00. The Morgan fingerprint density at radius 3 is 2.47 bits per heavy atom. The molecule has 1 amide bonds. The summed E-state index contributed by atoms with van der Waals surface area (Å²) in [6.45, 7) is 4.65. The number of amides is 1. The van der Waals surface area contributed by atoms with Crippen molar-refractivity contribution in [2.24, 2.45) is 0 Å². The molecule has 2 rings (SSSR count). The van der Waals surface area contributed by atoms with Crippen molar-refractivity contribution >= 4 is 11.6 Å². The van der Waals surface area contributed by atoms with Crippen LogP contribution in [-0.4, -0.2) is 23.2 Å². The van der Waals surface area contributed by atoms with Gasteiger partial charge in [0.15, 0.2) is 0 Å². The van der Waals surface area contributed by atoms with Crippen molar-refractivity contribution in [2.75, 3.05) is 12.4 Å². The third-order valence-electron chi connectivity index (χ3n) is 3.04. The highest BCUT2D eigenvalue weighted by molar-refractivity contribution is 5.93.